The Morgan fingerprint density at radius 2 is 1.90 bits per heavy atom. The summed E-state index contributed by atoms with van der Waals surface area (Å²) in [6.07, 6.45) is 0. The minimum atomic E-state index is 0. The molecule has 0 radical (unpaired) electrons. The molecule has 20 heavy (non-hydrogen) atoms. The fraction of sp³-hybridized carbons (Fsp3) is 0.500. The molecule has 5 nitrogen and oxygen atoms in total. The summed E-state index contributed by atoms with van der Waals surface area (Å²) in [5.74, 6) is 1.67. The Hall–Kier alpha value is -1.02. The topological polar surface area (TPSA) is 54.9 Å². The molecule has 0 aliphatic heterocycles. The van der Waals surface area contributed by atoms with Crippen molar-refractivity contribution in [2.75, 3.05) is 40.0 Å². The first-order chi connectivity index (χ1) is 9.36. The molecule has 0 aliphatic carbocycles. The van der Waals surface area contributed by atoms with Crippen molar-refractivity contribution in [3.63, 3.8) is 0 Å². The van der Waals surface area contributed by atoms with Gasteiger partial charge in [-0.3, -0.25) is 4.99 Å². The lowest BCUT2D eigenvalue weighted by atomic mass is 10.3. The lowest BCUT2D eigenvalue weighted by Gasteiger charge is -2.11. The van der Waals surface area contributed by atoms with Crippen molar-refractivity contribution in [1.29, 1.82) is 0 Å². The molecule has 1 aromatic rings. The Bertz CT molecular complexity index is 361. The van der Waals surface area contributed by atoms with Crippen LogP contribution < -0.4 is 15.4 Å². The van der Waals surface area contributed by atoms with E-state index in [9.17, 15) is 0 Å². The predicted molar refractivity (Wildman–Crippen MR) is 93.2 cm³/mol. The van der Waals surface area contributed by atoms with Crippen molar-refractivity contribution < 1.29 is 9.47 Å². The van der Waals surface area contributed by atoms with Crippen LogP contribution in [0, 0.1) is 0 Å². The van der Waals surface area contributed by atoms with Gasteiger partial charge >= 0.3 is 0 Å². The Balaban J connectivity index is 0.00000361. The van der Waals surface area contributed by atoms with Gasteiger partial charge in [-0.2, -0.15) is 0 Å². The molecule has 0 heterocycles. The third kappa shape index (κ3) is 8.98. The number of guanidine groups is 1. The molecular weight excluding hydrogens is 369 g/mol. The number of para-hydroxylation sites is 1. The van der Waals surface area contributed by atoms with Gasteiger partial charge in [0.05, 0.1) is 19.7 Å². The molecule has 0 fully saturated rings. The van der Waals surface area contributed by atoms with E-state index in [0.29, 0.717) is 26.3 Å². The van der Waals surface area contributed by atoms with Crippen LogP contribution in [-0.2, 0) is 4.74 Å². The third-order valence-corrected chi connectivity index (χ3v) is 2.32. The summed E-state index contributed by atoms with van der Waals surface area (Å²) in [7, 11) is 1.67. The lowest BCUT2D eigenvalue weighted by Crippen LogP contribution is -2.39. The average molecular weight is 393 g/mol. The van der Waals surface area contributed by atoms with Crippen LogP contribution in [0.4, 0.5) is 0 Å². The van der Waals surface area contributed by atoms with Crippen LogP contribution >= 0.6 is 24.0 Å². The zero-order chi connectivity index (χ0) is 13.8. The molecule has 1 rings (SSSR count). The molecule has 0 saturated carbocycles. The highest BCUT2D eigenvalue weighted by atomic mass is 127. The van der Waals surface area contributed by atoms with Gasteiger partial charge in [0, 0.05) is 13.7 Å². The van der Waals surface area contributed by atoms with Gasteiger partial charge in [-0.05, 0) is 19.1 Å². The monoisotopic (exact) mass is 393 g/mol. The van der Waals surface area contributed by atoms with Gasteiger partial charge in [0.15, 0.2) is 5.96 Å². The second-order valence-corrected chi connectivity index (χ2v) is 3.84. The summed E-state index contributed by atoms with van der Waals surface area (Å²) in [5, 5.41) is 6.38. The standard InChI is InChI=1S/C14H23N3O2.HI/c1-3-15-14(16-9-11-18-2)17-10-12-19-13-7-5-4-6-8-13;/h4-8H,3,9-12H2,1-2H3,(H2,15,16,17);1H. The normalized spacial score (nSPS) is 10.6. The van der Waals surface area contributed by atoms with Gasteiger partial charge in [0.1, 0.15) is 12.4 Å². The fourth-order valence-corrected chi connectivity index (χ4v) is 1.45. The first kappa shape index (κ1) is 19.0. The number of halogens is 1. The van der Waals surface area contributed by atoms with E-state index in [2.05, 4.69) is 15.6 Å². The molecule has 6 heteroatoms. The van der Waals surface area contributed by atoms with Crippen molar-refractivity contribution in [2.45, 2.75) is 6.92 Å². The van der Waals surface area contributed by atoms with E-state index in [1.165, 1.54) is 0 Å². The number of methoxy groups -OCH3 is 1. The third-order valence-electron chi connectivity index (χ3n) is 2.32. The van der Waals surface area contributed by atoms with Crippen LogP contribution in [0.3, 0.4) is 0 Å². The van der Waals surface area contributed by atoms with E-state index in [4.69, 9.17) is 9.47 Å². The molecule has 0 saturated heterocycles. The molecule has 2 N–H and O–H groups in total. The lowest BCUT2D eigenvalue weighted by molar-refractivity contribution is 0.208. The Morgan fingerprint density at radius 1 is 1.15 bits per heavy atom. The largest absolute Gasteiger partial charge is 0.492 e. The summed E-state index contributed by atoms with van der Waals surface area (Å²) in [6, 6.07) is 9.77. The van der Waals surface area contributed by atoms with Gasteiger partial charge in [0.25, 0.3) is 0 Å². The number of hydrogen-bond acceptors (Lipinski definition) is 3. The Kier molecular flexibility index (Phi) is 12.3. The molecule has 0 bridgehead atoms. The van der Waals surface area contributed by atoms with Crippen molar-refractivity contribution in [2.24, 2.45) is 4.99 Å². The zero-order valence-electron chi connectivity index (χ0n) is 12.1. The van der Waals surface area contributed by atoms with Crippen LogP contribution in [0.1, 0.15) is 6.92 Å². The van der Waals surface area contributed by atoms with Gasteiger partial charge in [0.2, 0.25) is 0 Å². The highest BCUT2D eigenvalue weighted by Gasteiger charge is 1.96. The van der Waals surface area contributed by atoms with E-state index in [-0.39, 0.29) is 24.0 Å². The molecule has 0 spiro atoms. The van der Waals surface area contributed by atoms with Gasteiger partial charge in [-0.25, -0.2) is 0 Å². The van der Waals surface area contributed by atoms with E-state index < -0.39 is 0 Å². The molecule has 0 atom stereocenters. The average Bonchev–Trinajstić information content (AvgIpc) is 2.45. The maximum Gasteiger partial charge on any atom is 0.191 e. The number of rotatable bonds is 8. The zero-order valence-corrected chi connectivity index (χ0v) is 14.4. The van der Waals surface area contributed by atoms with Crippen molar-refractivity contribution >= 4 is 29.9 Å². The van der Waals surface area contributed by atoms with Crippen molar-refractivity contribution in [3.05, 3.63) is 30.3 Å². The molecule has 0 amide bonds. The number of nitrogens with zero attached hydrogens (tertiary/aromatic N) is 1. The van der Waals surface area contributed by atoms with Crippen LogP contribution in [0.5, 0.6) is 5.75 Å². The predicted octanol–water partition coefficient (Wildman–Crippen LogP) is 1.88. The second kappa shape index (κ2) is 13.0. The number of nitrogens with one attached hydrogen (secondary N) is 2. The maximum atomic E-state index is 5.59. The molecule has 114 valence electrons. The summed E-state index contributed by atoms with van der Waals surface area (Å²) >= 11 is 0. The fourth-order valence-electron chi connectivity index (χ4n) is 1.45. The first-order valence-electron chi connectivity index (χ1n) is 6.55. The summed E-state index contributed by atoms with van der Waals surface area (Å²) in [5.41, 5.74) is 0. The number of ether oxygens (including phenoxy) is 2. The van der Waals surface area contributed by atoms with Gasteiger partial charge in [-0.15, -0.1) is 24.0 Å². The van der Waals surface area contributed by atoms with E-state index in [1.54, 1.807) is 7.11 Å². The summed E-state index contributed by atoms with van der Waals surface area (Å²) in [6.45, 7) is 5.43. The maximum absolute atomic E-state index is 5.59. The van der Waals surface area contributed by atoms with E-state index >= 15 is 0 Å². The van der Waals surface area contributed by atoms with Gasteiger partial charge < -0.3 is 20.1 Å². The van der Waals surface area contributed by atoms with Crippen LogP contribution in [0.2, 0.25) is 0 Å². The highest BCUT2D eigenvalue weighted by molar-refractivity contribution is 14.0. The highest BCUT2D eigenvalue weighted by Crippen LogP contribution is 2.07. The number of benzene rings is 1. The first-order valence-corrected chi connectivity index (χ1v) is 6.55. The number of aliphatic imine (C=N–C) groups is 1. The molecule has 0 aliphatic rings. The molecule has 0 unspecified atom stereocenters. The van der Waals surface area contributed by atoms with Crippen molar-refractivity contribution in [3.8, 4) is 5.75 Å². The minimum absolute atomic E-state index is 0. The summed E-state index contributed by atoms with van der Waals surface area (Å²) < 4.78 is 10.6. The SMILES string of the molecule is CCNC(=NCCOC)NCCOc1ccccc1.I. The molecular formula is C14H24IN3O2. The van der Waals surface area contributed by atoms with E-state index in [0.717, 1.165) is 18.3 Å². The minimum Gasteiger partial charge on any atom is -0.492 e. The Labute approximate surface area is 138 Å². The smallest absolute Gasteiger partial charge is 0.191 e. The van der Waals surface area contributed by atoms with Crippen LogP contribution in [-0.4, -0.2) is 45.9 Å². The molecule has 0 aromatic heterocycles. The molecule has 1 aromatic carbocycles. The van der Waals surface area contributed by atoms with Crippen LogP contribution in [0.15, 0.2) is 35.3 Å². The van der Waals surface area contributed by atoms with Crippen LogP contribution in [0.25, 0.3) is 0 Å². The quantitative estimate of drug-likeness (QED) is 0.307. The van der Waals surface area contributed by atoms with Crippen molar-refractivity contribution in [1.82, 2.24) is 10.6 Å². The number of hydrogen-bond donors (Lipinski definition) is 2. The Morgan fingerprint density at radius 3 is 2.55 bits per heavy atom. The summed E-state index contributed by atoms with van der Waals surface area (Å²) in [4.78, 5) is 4.36. The second-order valence-electron chi connectivity index (χ2n) is 3.84. The van der Waals surface area contributed by atoms with Gasteiger partial charge in [-0.1, -0.05) is 18.2 Å². The van der Waals surface area contributed by atoms with E-state index in [1.807, 2.05) is 37.3 Å².